The van der Waals surface area contributed by atoms with E-state index in [1.54, 1.807) is 0 Å². The van der Waals surface area contributed by atoms with Crippen LogP contribution < -0.4 is 5.32 Å². The Bertz CT molecular complexity index is 720. The van der Waals surface area contributed by atoms with Crippen molar-refractivity contribution in [1.29, 1.82) is 0 Å². The highest BCUT2D eigenvalue weighted by molar-refractivity contribution is 6.25. The summed E-state index contributed by atoms with van der Waals surface area (Å²) in [7, 11) is 4.07. The molecule has 2 amide bonds. The van der Waals surface area contributed by atoms with E-state index in [1.807, 2.05) is 50.5 Å². The average molecular weight is 325 g/mol. The van der Waals surface area contributed by atoms with E-state index in [-0.39, 0.29) is 11.8 Å². The maximum absolute atomic E-state index is 12.7. The number of amides is 2. The Labute approximate surface area is 142 Å². The molecule has 2 aromatic rings. The molecule has 0 bridgehead atoms. The van der Waals surface area contributed by atoms with Crippen LogP contribution >= 0.6 is 0 Å². The molecule has 1 N–H and O–H groups in total. The fourth-order valence-electron chi connectivity index (χ4n) is 3.07. The third-order valence-electron chi connectivity index (χ3n) is 4.33. The van der Waals surface area contributed by atoms with Crippen LogP contribution in [0.15, 0.2) is 36.4 Å². The van der Waals surface area contributed by atoms with Crippen LogP contribution in [-0.4, -0.2) is 61.9 Å². The van der Waals surface area contributed by atoms with E-state index in [0.29, 0.717) is 17.7 Å². The van der Waals surface area contributed by atoms with E-state index < -0.39 is 0 Å². The first kappa shape index (κ1) is 16.6. The van der Waals surface area contributed by atoms with E-state index in [9.17, 15) is 9.59 Å². The van der Waals surface area contributed by atoms with Gasteiger partial charge in [-0.25, -0.2) is 0 Å². The fourth-order valence-corrected chi connectivity index (χ4v) is 3.07. The number of carbonyl (C=O) groups is 2. The average Bonchev–Trinajstić information content (AvgIpc) is 2.58. The first-order valence-electron chi connectivity index (χ1n) is 8.33. The molecule has 1 heterocycles. The topological polar surface area (TPSA) is 52.6 Å². The molecule has 0 aromatic heterocycles. The van der Waals surface area contributed by atoms with E-state index in [1.165, 1.54) is 4.90 Å². The van der Waals surface area contributed by atoms with Crippen molar-refractivity contribution in [1.82, 2.24) is 15.1 Å². The Morgan fingerprint density at radius 1 is 0.958 bits per heavy atom. The Balaban J connectivity index is 1.69. The maximum atomic E-state index is 12.7. The summed E-state index contributed by atoms with van der Waals surface area (Å²) in [6, 6.07) is 11.2. The summed E-state index contributed by atoms with van der Waals surface area (Å²) in [6.45, 7) is 3.10. The fraction of sp³-hybridized carbons (Fsp3) is 0.368. The molecule has 0 fully saturated rings. The molecule has 5 nitrogen and oxygen atoms in total. The zero-order chi connectivity index (χ0) is 17.1. The van der Waals surface area contributed by atoms with Gasteiger partial charge >= 0.3 is 0 Å². The van der Waals surface area contributed by atoms with Crippen LogP contribution in [0.5, 0.6) is 0 Å². The third-order valence-corrected chi connectivity index (χ3v) is 4.33. The smallest absolute Gasteiger partial charge is 0.261 e. The Morgan fingerprint density at radius 3 is 2.17 bits per heavy atom. The minimum atomic E-state index is -0.183. The predicted molar refractivity (Wildman–Crippen MR) is 95.4 cm³/mol. The van der Waals surface area contributed by atoms with Gasteiger partial charge in [0.2, 0.25) is 0 Å². The number of carbonyl (C=O) groups excluding carboxylic acids is 2. The summed E-state index contributed by atoms with van der Waals surface area (Å²) in [6.07, 6.45) is 0.753. The lowest BCUT2D eigenvalue weighted by Crippen LogP contribution is -2.41. The number of likely N-dealkylation sites (N-methyl/N-ethyl adjacent to an activating group) is 1. The molecule has 0 aliphatic carbocycles. The summed E-state index contributed by atoms with van der Waals surface area (Å²) in [5.74, 6) is -0.366. The van der Waals surface area contributed by atoms with Gasteiger partial charge in [-0.2, -0.15) is 0 Å². The summed E-state index contributed by atoms with van der Waals surface area (Å²) in [5, 5.41) is 5.06. The van der Waals surface area contributed by atoms with Gasteiger partial charge in [0, 0.05) is 36.1 Å². The quantitative estimate of drug-likeness (QED) is 0.625. The van der Waals surface area contributed by atoms with Gasteiger partial charge in [0.1, 0.15) is 0 Å². The highest BCUT2D eigenvalue weighted by atomic mass is 16.2. The van der Waals surface area contributed by atoms with Gasteiger partial charge in [-0.15, -0.1) is 0 Å². The van der Waals surface area contributed by atoms with Crippen LogP contribution in [0.3, 0.4) is 0 Å². The molecular weight excluding hydrogens is 302 g/mol. The minimum Gasteiger partial charge on any atom is -0.315 e. The summed E-state index contributed by atoms with van der Waals surface area (Å²) in [4.78, 5) is 28.9. The number of hydrogen-bond donors (Lipinski definition) is 1. The normalized spacial score (nSPS) is 14.0. The molecular formula is C19H23N3O2. The highest BCUT2D eigenvalue weighted by Gasteiger charge is 2.31. The zero-order valence-electron chi connectivity index (χ0n) is 14.2. The molecule has 1 aliphatic heterocycles. The second-order valence-corrected chi connectivity index (χ2v) is 6.38. The number of rotatable bonds is 7. The molecule has 2 aromatic carbocycles. The second kappa shape index (κ2) is 7.11. The van der Waals surface area contributed by atoms with E-state index >= 15 is 0 Å². The van der Waals surface area contributed by atoms with Crippen molar-refractivity contribution >= 4 is 22.6 Å². The summed E-state index contributed by atoms with van der Waals surface area (Å²) >= 11 is 0. The molecule has 0 unspecified atom stereocenters. The molecule has 3 rings (SSSR count). The van der Waals surface area contributed by atoms with Gasteiger partial charge in [-0.05, 0) is 44.6 Å². The van der Waals surface area contributed by atoms with Gasteiger partial charge in [-0.3, -0.25) is 14.5 Å². The monoisotopic (exact) mass is 325 g/mol. The van der Waals surface area contributed by atoms with Crippen LogP contribution in [0.4, 0.5) is 0 Å². The van der Waals surface area contributed by atoms with Crippen molar-refractivity contribution < 1.29 is 9.59 Å². The van der Waals surface area contributed by atoms with Crippen LogP contribution in [0, 0.1) is 0 Å². The number of nitrogens with one attached hydrogen (secondary N) is 1. The summed E-state index contributed by atoms with van der Waals surface area (Å²) < 4.78 is 0. The van der Waals surface area contributed by atoms with Gasteiger partial charge in [-0.1, -0.05) is 24.3 Å². The van der Waals surface area contributed by atoms with Gasteiger partial charge in [0.25, 0.3) is 11.8 Å². The van der Waals surface area contributed by atoms with E-state index in [4.69, 9.17) is 0 Å². The summed E-state index contributed by atoms with van der Waals surface area (Å²) in [5.41, 5.74) is 1.26. The standard InChI is InChI=1S/C19H23N3O2/c1-21(2)13-11-20-10-5-12-22-18(23)15-8-3-6-14-7-4-9-16(17(14)15)19(22)24/h3-4,6-9,20H,5,10-13H2,1-2H3. The Hall–Kier alpha value is -2.24. The number of benzene rings is 2. The predicted octanol–water partition coefficient (Wildman–Crippen LogP) is 1.98. The minimum absolute atomic E-state index is 0.183. The van der Waals surface area contributed by atoms with E-state index in [2.05, 4.69) is 10.2 Å². The van der Waals surface area contributed by atoms with Gasteiger partial charge < -0.3 is 10.2 Å². The van der Waals surface area contributed by atoms with Crippen molar-refractivity contribution in [3.8, 4) is 0 Å². The first-order valence-corrected chi connectivity index (χ1v) is 8.33. The van der Waals surface area contributed by atoms with Crippen molar-refractivity contribution in [3.05, 3.63) is 47.5 Å². The molecule has 126 valence electrons. The molecule has 0 saturated carbocycles. The van der Waals surface area contributed by atoms with Crippen molar-refractivity contribution in [2.24, 2.45) is 0 Å². The lowest BCUT2D eigenvalue weighted by atomic mass is 9.94. The molecule has 0 saturated heterocycles. The van der Waals surface area contributed by atoms with Crippen LogP contribution in [0.1, 0.15) is 27.1 Å². The number of imide groups is 1. The molecule has 24 heavy (non-hydrogen) atoms. The highest BCUT2D eigenvalue weighted by Crippen LogP contribution is 2.29. The Kier molecular flexibility index (Phi) is 4.92. The van der Waals surface area contributed by atoms with Crippen LogP contribution in [-0.2, 0) is 0 Å². The van der Waals surface area contributed by atoms with Crippen molar-refractivity contribution in [2.75, 3.05) is 40.3 Å². The van der Waals surface area contributed by atoms with E-state index in [0.717, 1.165) is 36.8 Å². The van der Waals surface area contributed by atoms with Gasteiger partial charge in [0.05, 0.1) is 0 Å². The lowest BCUT2D eigenvalue weighted by Gasteiger charge is -2.27. The SMILES string of the molecule is CN(C)CCNCCCN1C(=O)c2cccc3cccc(c23)C1=O. The van der Waals surface area contributed by atoms with Crippen molar-refractivity contribution in [3.63, 3.8) is 0 Å². The Morgan fingerprint density at radius 2 is 1.58 bits per heavy atom. The number of nitrogens with zero attached hydrogens (tertiary/aromatic N) is 2. The second-order valence-electron chi connectivity index (χ2n) is 6.38. The lowest BCUT2D eigenvalue weighted by molar-refractivity contribution is 0.0609. The van der Waals surface area contributed by atoms with Crippen LogP contribution in [0.2, 0.25) is 0 Å². The molecule has 5 heteroatoms. The van der Waals surface area contributed by atoms with Gasteiger partial charge in [0.15, 0.2) is 0 Å². The molecule has 0 radical (unpaired) electrons. The molecule has 0 spiro atoms. The maximum Gasteiger partial charge on any atom is 0.261 e. The largest absolute Gasteiger partial charge is 0.315 e. The third kappa shape index (κ3) is 3.18. The van der Waals surface area contributed by atoms with Crippen molar-refractivity contribution in [2.45, 2.75) is 6.42 Å². The van der Waals surface area contributed by atoms with Crippen LogP contribution in [0.25, 0.3) is 10.8 Å². The first-order chi connectivity index (χ1) is 11.6. The number of hydrogen-bond acceptors (Lipinski definition) is 4. The zero-order valence-corrected chi connectivity index (χ0v) is 14.2. The molecule has 1 aliphatic rings. The molecule has 0 atom stereocenters.